The van der Waals surface area contributed by atoms with Gasteiger partial charge in [-0.25, -0.2) is 4.79 Å². The summed E-state index contributed by atoms with van der Waals surface area (Å²) >= 11 is 5.96. The van der Waals surface area contributed by atoms with E-state index in [0.717, 1.165) is 29.7 Å². The molecule has 4 rings (SSSR count). The number of aromatic nitrogens is 3. The van der Waals surface area contributed by atoms with E-state index in [1.165, 1.54) is 6.07 Å². The summed E-state index contributed by atoms with van der Waals surface area (Å²) in [6.45, 7) is 1.97. The van der Waals surface area contributed by atoms with Gasteiger partial charge in [-0.1, -0.05) is 29.8 Å². The van der Waals surface area contributed by atoms with Gasteiger partial charge in [0.2, 0.25) is 0 Å². The van der Waals surface area contributed by atoms with Crippen LogP contribution in [0.15, 0.2) is 42.6 Å². The normalized spacial score (nSPS) is 13.4. The fourth-order valence-corrected chi connectivity index (χ4v) is 3.07. The number of aryl methyl sites for hydroxylation is 2. The summed E-state index contributed by atoms with van der Waals surface area (Å²) in [6.07, 6.45) is 4.05. The molecule has 1 aromatic carbocycles. The number of benzene rings is 1. The molecule has 138 valence electrons. The minimum absolute atomic E-state index is 0.109. The molecule has 3 aromatic rings. The lowest BCUT2D eigenvalue weighted by Gasteiger charge is -2.15. The molecule has 1 aliphatic rings. The molecule has 0 radical (unpaired) electrons. The summed E-state index contributed by atoms with van der Waals surface area (Å²) in [5.41, 5.74) is 2.52. The highest BCUT2D eigenvalue weighted by atomic mass is 35.5. The van der Waals surface area contributed by atoms with Gasteiger partial charge in [0.15, 0.2) is 10.9 Å². The van der Waals surface area contributed by atoms with Gasteiger partial charge in [0, 0.05) is 19.3 Å². The Labute approximate surface area is 161 Å². The van der Waals surface area contributed by atoms with Crippen molar-refractivity contribution in [1.82, 2.24) is 14.8 Å². The lowest BCUT2D eigenvalue weighted by atomic mass is 10.1. The van der Waals surface area contributed by atoms with Crippen molar-refractivity contribution in [2.75, 3.05) is 0 Å². The molecule has 0 atom stereocenters. The first-order chi connectivity index (χ1) is 13.0. The van der Waals surface area contributed by atoms with E-state index < -0.39 is 5.97 Å². The van der Waals surface area contributed by atoms with Gasteiger partial charge in [-0.05, 0) is 48.9 Å². The molecule has 0 amide bonds. The molecule has 0 spiro atoms. The highest BCUT2D eigenvalue weighted by Crippen LogP contribution is 2.46. The Bertz CT molecular complexity index is 1010. The Morgan fingerprint density at radius 3 is 2.74 bits per heavy atom. The molecule has 0 N–H and O–H groups in total. The number of esters is 1. The van der Waals surface area contributed by atoms with Crippen LogP contribution in [0.1, 0.15) is 40.4 Å². The van der Waals surface area contributed by atoms with E-state index >= 15 is 0 Å². The number of ether oxygens (including phenoxy) is 2. The minimum atomic E-state index is -0.524. The minimum Gasteiger partial charge on any atom is -0.434 e. The number of nitrogens with zero attached hydrogens (tertiary/aromatic N) is 3. The quantitative estimate of drug-likeness (QED) is 0.599. The van der Waals surface area contributed by atoms with Crippen molar-refractivity contribution in [2.24, 2.45) is 7.05 Å². The summed E-state index contributed by atoms with van der Waals surface area (Å²) in [7, 11) is 1.76. The Hall–Kier alpha value is -2.86. The molecule has 0 saturated heterocycles. The molecule has 1 saturated carbocycles. The number of para-hydroxylation sites is 1. The van der Waals surface area contributed by atoms with Crippen molar-refractivity contribution >= 4 is 17.6 Å². The molecular formula is C20H18ClN3O3. The zero-order valence-electron chi connectivity index (χ0n) is 15.0. The molecule has 7 heteroatoms. The monoisotopic (exact) mass is 383 g/mol. The largest absolute Gasteiger partial charge is 0.434 e. The third-order valence-electron chi connectivity index (χ3n) is 4.51. The van der Waals surface area contributed by atoms with Crippen LogP contribution < -0.4 is 9.47 Å². The lowest BCUT2D eigenvalue weighted by Crippen LogP contribution is -2.13. The zero-order chi connectivity index (χ0) is 19.0. The number of halogens is 1. The van der Waals surface area contributed by atoms with Crippen molar-refractivity contribution in [3.63, 3.8) is 0 Å². The first-order valence-electron chi connectivity index (χ1n) is 8.67. The van der Waals surface area contributed by atoms with Gasteiger partial charge in [-0.15, -0.1) is 10.2 Å². The van der Waals surface area contributed by atoms with Crippen molar-refractivity contribution in [1.29, 1.82) is 0 Å². The number of hydrogen-bond acceptors (Lipinski definition) is 5. The first-order valence-corrected chi connectivity index (χ1v) is 9.05. The van der Waals surface area contributed by atoms with Gasteiger partial charge < -0.3 is 14.0 Å². The Morgan fingerprint density at radius 2 is 2.04 bits per heavy atom. The van der Waals surface area contributed by atoms with E-state index in [0.29, 0.717) is 11.6 Å². The van der Waals surface area contributed by atoms with Gasteiger partial charge in [0.1, 0.15) is 11.4 Å². The van der Waals surface area contributed by atoms with Crippen LogP contribution in [0.2, 0.25) is 5.15 Å². The van der Waals surface area contributed by atoms with Crippen LogP contribution in [0.4, 0.5) is 0 Å². The predicted octanol–water partition coefficient (Wildman–Crippen LogP) is 4.67. The molecule has 1 aliphatic carbocycles. The van der Waals surface area contributed by atoms with Crippen LogP contribution >= 0.6 is 11.6 Å². The van der Waals surface area contributed by atoms with Gasteiger partial charge in [0.25, 0.3) is 5.88 Å². The maximum Gasteiger partial charge on any atom is 0.360 e. The van der Waals surface area contributed by atoms with Crippen LogP contribution in [-0.2, 0) is 7.05 Å². The fourth-order valence-electron chi connectivity index (χ4n) is 2.94. The van der Waals surface area contributed by atoms with Crippen LogP contribution in [0.25, 0.3) is 0 Å². The average molecular weight is 384 g/mol. The van der Waals surface area contributed by atoms with Crippen LogP contribution in [-0.4, -0.2) is 20.7 Å². The average Bonchev–Trinajstić information content (AvgIpc) is 3.39. The SMILES string of the molecule is Cc1cccc(C2CC2)c1Oc1nnc(Cl)cc1OC(=O)c1cccn1C. The molecular weight excluding hydrogens is 366 g/mol. The fraction of sp³-hybridized carbons (Fsp3) is 0.250. The Balaban J connectivity index is 1.67. The molecule has 0 unspecified atom stereocenters. The molecule has 2 aromatic heterocycles. The molecule has 1 fully saturated rings. The number of carbonyl (C=O) groups is 1. The molecule has 27 heavy (non-hydrogen) atoms. The number of rotatable bonds is 5. The van der Waals surface area contributed by atoms with Crippen LogP contribution in [0.3, 0.4) is 0 Å². The Morgan fingerprint density at radius 1 is 1.22 bits per heavy atom. The van der Waals surface area contributed by atoms with Crippen LogP contribution in [0, 0.1) is 6.92 Å². The van der Waals surface area contributed by atoms with Crippen LogP contribution in [0.5, 0.6) is 17.4 Å². The maximum absolute atomic E-state index is 12.5. The Kier molecular flexibility index (Phi) is 4.58. The van der Waals surface area contributed by atoms with Crippen molar-refractivity contribution in [3.05, 3.63) is 64.6 Å². The topological polar surface area (TPSA) is 66.2 Å². The highest BCUT2D eigenvalue weighted by Gasteiger charge is 2.28. The van der Waals surface area contributed by atoms with E-state index in [1.54, 1.807) is 29.9 Å². The van der Waals surface area contributed by atoms with Gasteiger partial charge in [0.05, 0.1) is 0 Å². The summed E-state index contributed by atoms with van der Waals surface area (Å²) in [5, 5.41) is 7.96. The van der Waals surface area contributed by atoms with E-state index in [2.05, 4.69) is 16.3 Å². The van der Waals surface area contributed by atoms with Crippen molar-refractivity contribution in [3.8, 4) is 17.4 Å². The smallest absolute Gasteiger partial charge is 0.360 e. The third-order valence-corrected chi connectivity index (χ3v) is 4.70. The van der Waals surface area contributed by atoms with Crippen molar-refractivity contribution < 1.29 is 14.3 Å². The molecule has 0 aliphatic heterocycles. The molecule has 6 nitrogen and oxygen atoms in total. The zero-order valence-corrected chi connectivity index (χ0v) is 15.7. The van der Waals surface area contributed by atoms with E-state index in [1.807, 2.05) is 19.1 Å². The standard InChI is InChI=1S/C20H18ClN3O3/c1-12-5-3-6-14(13-8-9-13)18(12)27-19-16(11-17(21)22-23-19)26-20(25)15-7-4-10-24(15)2/h3-7,10-11,13H,8-9H2,1-2H3. The number of hydrogen-bond donors (Lipinski definition) is 0. The summed E-state index contributed by atoms with van der Waals surface area (Å²) in [6, 6.07) is 10.9. The predicted molar refractivity (Wildman–Crippen MR) is 101 cm³/mol. The first kappa shape index (κ1) is 17.5. The summed E-state index contributed by atoms with van der Waals surface area (Å²) in [4.78, 5) is 12.5. The van der Waals surface area contributed by atoms with Crippen molar-refractivity contribution in [2.45, 2.75) is 25.7 Å². The second-order valence-electron chi connectivity index (χ2n) is 6.60. The summed E-state index contributed by atoms with van der Waals surface area (Å²) < 4.78 is 13.2. The second kappa shape index (κ2) is 7.04. The molecule has 0 bridgehead atoms. The van der Waals surface area contributed by atoms with Gasteiger partial charge in [-0.2, -0.15) is 0 Å². The van der Waals surface area contributed by atoms with Gasteiger partial charge >= 0.3 is 5.97 Å². The second-order valence-corrected chi connectivity index (χ2v) is 6.99. The number of carbonyl (C=O) groups excluding carboxylic acids is 1. The van der Waals surface area contributed by atoms with E-state index in [-0.39, 0.29) is 16.8 Å². The van der Waals surface area contributed by atoms with Gasteiger partial charge in [-0.3, -0.25) is 0 Å². The van der Waals surface area contributed by atoms with E-state index in [9.17, 15) is 4.79 Å². The third kappa shape index (κ3) is 3.66. The highest BCUT2D eigenvalue weighted by molar-refractivity contribution is 6.29. The summed E-state index contributed by atoms with van der Waals surface area (Å²) in [5.74, 6) is 0.940. The molecule has 2 heterocycles. The maximum atomic E-state index is 12.5. The van der Waals surface area contributed by atoms with E-state index in [4.69, 9.17) is 21.1 Å². The lowest BCUT2D eigenvalue weighted by molar-refractivity contribution is 0.0719.